The second-order valence-electron chi connectivity index (χ2n) is 15.9. The standard InChI is InChI=1S/C35H51NO3/c1-8-31(4)17-19-35(36-29(38)25-10-9-21-39-25)20-18-33(6)23(24(35)22-31)11-12-27-32(5)15-14-28(37)30(2,3)26(32)13-16-34(27,33)7/h8-11,21,24,26-28,37H,1,12-20,22H2,2-7H3,(H,36,38)/t24-,26-,27+,28-,31+,32-,33+,34+,35-/m0/s1. The van der Waals surface area contributed by atoms with Crippen LogP contribution in [0.2, 0.25) is 0 Å². The van der Waals surface area contributed by atoms with E-state index in [-0.39, 0.29) is 44.6 Å². The summed E-state index contributed by atoms with van der Waals surface area (Å²) in [5, 5.41) is 14.6. The second-order valence-corrected chi connectivity index (χ2v) is 15.9. The third kappa shape index (κ3) is 3.61. The number of rotatable bonds is 3. The van der Waals surface area contributed by atoms with Gasteiger partial charge in [0.25, 0.3) is 5.91 Å². The summed E-state index contributed by atoms with van der Waals surface area (Å²) < 4.78 is 5.51. The molecule has 9 atom stereocenters. The minimum Gasteiger partial charge on any atom is -0.459 e. The van der Waals surface area contributed by atoms with Crippen molar-refractivity contribution in [3.05, 3.63) is 48.5 Å². The Morgan fingerprint density at radius 2 is 1.77 bits per heavy atom. The number of fused-ring (bicyclic) bond motifs is 7. The van der Waals surface area contributed by atoms with Crippen LogP contribution >= 0.6 is 0 Å². The molecule has 4 fully saturated rings. The van der Waals surface area contributed by atoms with Crippen molar-refractivity contribution in [2.45, 2.75) is 117 Å². The van der Waals surface area contributed by atoms with Crippen molar-refractivity contribution >= 4 is 5.91 Å². The van der Waals surface area contributed by atoms with Crippen LogP contribution in [0.1, 0.15) is 116 Å². The van der Waals surface area contributed by atoms with E-state index in [1.54, 1.807) is 24.0 Å². The Kier molecular flexibility index (Phi) is 6.03. The molecule has 1 aromatic rings. The second kappa shape index (κ2) is 8.60. The zero-order chi connectivity index (χ0) is 28.1. The van der Waals surface area contributed by atoms with Crippen molar-refractivity contribution < 1.29 is 14.3 Å². The maximum atomic E-state index is 13.4. The highest BCUT2D eigenvalue weighted by molar-refractivity contribution is 5.92. The van der Waals surface area contributed by atoms with Crippen LogP contribution in [0.15, 0.2) is 47.1 Å². The van der Waals surface area contributed by atoms with Crippen molar-refractivity contribution in [2.24, 2.45) is 44.8 Å². The first-order valence-corrected chi connectivity index (χ1v) is 15.6. The van der Waals surface area contributed by atoms with Gasteiger partial charge >= 0.3 is 0 Å². The highest BCUT2D eigenvalue weighted by Crippen LogP contribution is 2.74. The van der Waals surface area contributed by atoms with Gasteiger partial charge in [-0.25, -0.2) is 0 Å². The van der Waals surface area contributed by atoms with Gasteiger partial charge in [0.15, 0.2) is 5.76 Å². The van der Waals surface area contributed by atoms with Gasteiger partial charge in [0.1, 0.15) is 0 Å². The number of carbonyl (C=O) groups is 1. The van der Waals surface area contributed by atoms with Gasteiger partial charge in [0.2, 0.25) is 0 Å². The molecule has 5 aliphatic carbocycles. The molecular weight excluding hydrogens is 482 g/mol. The van der Waals surface area contributed by atoms with Crippen LogP contribution in [0.5, 0.6) is 0 Å². The molecule has 214 valence electrons. The fourth-order valence-electron chi connectivity index (χ4n) is 11.2. The number of aliphatic hydroxyl groups excluding tert-OH is 1. The summed E-state index contributed by atoms with van der Waals surface area (Å²) in [4.78, 5) is 13.4. The van der Waals surface area contributed by atoms with Crippen LogP contribution in [0.3, 0.4) is 0 Å². The van der Waals surface area contributed by atoms with E-state index in [0.717, 1.165) is 51.4 Å². The Morgan fingerprint density at radius 3 is 2.46 bits per heavy atom. The third-order valence-corrected chi connectivity index (χ3v) is 14.0. The van der Waals surface area contributed by atoms with Crippen LogP contribution in [-0.4, -0.2) is 22.7 Å². The van der Waals surface area contributed by atoms with Crippen molar-refractivity contribution in [1.82, 2.24) is 5.32 Å². The van der Waals surface area contributed by atoms with Gasteiger partial charge in [0.05, 0.1) is 12.4 Å². The maximum Gasteiger partial charge on any atom is 0.287 e. The largest absolute Gasteiger partial charge is 0.459 e. The van der Waals surface area contributed by atoms with Crippen LogP contribution < -0.4 is 5.32 Å². The molecule has 0 unspecified atom stereocenters. The van der Waals surface area contributed by atoms with E-state index in [4.69, 9.17) is 4.42 Å². The Hall–Kier alpha value is -1.81. The Balaban J connectivity index is 1.41. The summed E-state index contributed by atoms with van der Waals surface area (Å²) in [6.45, 7) is 19.0. The predicted octanol–water partition coefficient (Wildman–Crippen LogP) is 8.09. The average molecular weight is 534 g/mol. The fourth-order valence-corrected chi connectivity index (χ4v) is 11.2. The lowest BCUT2D eigenvalue weighted by Gasteiger charge is -2.71. The van der Waals surface area contributed by atoms with Gasteiger partial charge in [-0.15, -0.1) is 6.58 Å². The molecule has 0 aromatic carbocycles. The molecule has 6 rings (SSSR count). The van der Waals surface area contributed by atoms with Crippen molar-refractivity contribution in [3.63, 3.8) is 0 Å². The molecule has 0 saturated heterocycles. The van der Waals surface area contributed by atoms with E-state index >= 15 is 0 Å². The predicted molar refractivity (Wildman–Crippen MR) is 156 cm³/mol. The summed E-state index contributed by atoms with van der Waals surface area (Å²) in [6.07, 6.45) is 17.0. The van der Waals surface area contributed by atoms with Crippen molar-refractivity contribution in [2.75, 3.05) is 0 Å². The van der Waals surface area contributed by atoms with Crippen LogP contribution in [0, 0.1) is 44.8 Å². The molecule has 1 heterocycles. The molecule has 0 aliphatic heterocycles. The van der Waals surface area contributed by atoms with Gasteiger partial charge in [-0.1, -0.05) is 59.3 Å². The molecule has 4 saturated carbocycles. The lowest BCUT2D eigenvalue weighted by Crippen LogP contribution is -2.67. The average Bonchev–Trinajstić information content (AvgIpc) is 3.43. The molecule has 0 radical (unpaired) electrons. The van der Waals surface area contributed by atoms with Gasteiger partial charge in [0, 0.05) is 11.5 Å². The summed E-state index contributed by atoms with van der Waals surface area (Å²) in [5.41, 5.74) is 1.97. The van der Waals surface area contributed by atoms with Crippen molar-refractivity contribution in [3.8, 4) is 0 Å². The summed E-state index contributed by atoms with van der Waals surface area (Å²) in [7, 11) is 0. The molecule has 1 amide bonds. The van der Waals surface area contributed by atoms with E-state index in [0.29, 0.717) is 23.5 Å². The molecule has 1 aromatic heterocycles. The summed E-state index contributed by atoms with van der Waals surface area (Å²) in [5.74, 6) is 1.81. The van der Waals surface area contributed by atoms with Gasteiger partial charge in [-0.3, -0.25) is 4.79 Å². The Morgan fingerprint density at radius 1 is 1.03 bits per heavy atom. The fraction of sp³-hybridized carbons (Fsp3) is 0.743. The Bertz CT molecular complexity index is 1180. The zero-order valence-electron chi connectivity index (χ0n) is 25.2. The quantitative estimate of drug-likeness (QED) is 0.386. The van der Waals surface area contributed by atoms with Crippen LogP contribution in [0.4, 0.5) is 0 Å². The number of nitrogens with one attached hydrogen (secondary N) is 1. The van der Waals surface area contributed by atoms with E-state index < -0.39 is 0 Å². The van der Waals surface area contributed by atoms with E-state index in [2.05, 4.69) is 65.6 Å². The smallest absolute Gasteiger partial charge is 0.287 e. The first-order chi connectivity index (χ1) is 18.2. The van der Waals surface area contributed by atoms with Gasteiger partial charge in [-0.05, 0) is 115 Å². The lowest BCUT2D eigenvalue weighted by molar-refractivity contribution is -0.201. The van der Waals surface area contributed by atoms with Crippen molar-refractivity contribution in [1.29, 1.82) is 0 Å². The minimum absolute atomic E-state index is 0.0355. The number of hydrogen-bond acceptors (Lipinski definition) is 3. The number of aliphatic hydroxyl groups is 1. The number of furan rings is 1. The zero-order valence-corrected chi connectivity index (χ0v) is 25.2. The molecule has 5 aliphatic rings. The maximum absolute atomic E-state index is 13.4. The molecule has 39 heavy (non-hydrogen) atoms. The number of allylic oxidation sites excluding steroid dienone is 2. The van der Waals surface area contributed by atoms with E-state index in [1.165, 1.54) is 12.8 Å². The monoisotopic (exact) mass is 533 g/mol. The molecular formula is C35H51NO3. The lowest BCUT2D eigenvalue weighted by atomic mass is 9.34. The highest BCUT2D eigenvalue weighted by atomic mass is 16.3. The van der Waals surface area contributed by atoms with Gasteiger partial charge in [-0.2, -0.15) is 0 Å². The first-order valence-electron chi connectivity index (χ1n) is 15.6. The molecule has 0 bridgehead atoms. The van der Waals surface area contributed by atoms with Crippen LogP contribution in [0.25, 0.3) is 0 Å². The minimum atomic E-state index is -0.237. The molecule has 4 nitrogen and oxygen atoms in total. The number of amides is 1. The summed E-state index contributed by atoms with van der Waals surface area (Å²) in [6, 6.07) is 3.57. The van der Waals surface area contributed by atoms with E-state index in [1.807, 2.05) is 0 Å². The number of hydrogen-bond donors (Lipinski definition) is 2. The van der Waals surface area contributed by atoms with Crippen LogP contribution in [-0.2, 0) is 0 Å². The first kappa shape index (κ1) is 27.4. The molecule has 4 heteroatoms. The SMILES string of the molecule is C=C[C@]1(C)CC[C@]2(NC(=O)c3ccco3)CC[C@]3(C)C(=CC[C@@H]4[C@@]5(C)CC[C@H](O)C(C)(C)[C@@H]5CC[C@]43C)[C@@H]2C1. The molecule has 2 N–H and O–H groups in total. The van der Waals surface area contributed by atoms with E-state index in [9.17, 15) is 9.90 Å². The molecule has 0 spiro atoms. The highest BCUT2D eigenvalue weighted by Gasteiger charge is 2.68. The summed E-state index contributed by atoms with van der Waals surface area (Å²) >= 11 is 0. The Labute approximate surface area is 236 Å². The normalized spacial score (nSPS) is 48.4. The third-order valence-electron chi connectivity index (χ3n) is 14.0. The number of carbonyl (C=O) groups excluding carboxylic acids is 1. The topological polar surface area (TPSA) is 62.5 Å². The van der Waals surface area contributed by atoms with Gasteiger partial charge < -0.3 is 14.8 Å².